The van der Waals surface area contributed by atoms with E-state index >= 15 is 0 Å². The molecule has 1 amide bonds. The highest BCUT2D eigenvalue weighted by molar-refractivity contribution is 7.12. The molecule has 0 radical (unpaired) electrons. The fourth-order valence-electron chi connectivity index (χ4n) is 1.77. The molecule has 0 aromatic carbocycles. The second-order valence-electron chi connectivity index (χ2n) is 4.30. The van der Waals surface area contributed by atoms with Crippen molar-refractivity contribution >= 4 is 17.2 Å². The largest absolute Gasteiger partial charge is 0.396 e. The fraction of sp³-hybridized carbons (Fsp3) is 0.615. The minimum Gasteiger partial charge on any atom is -0.396 e. The predicted octanol–water partition coefficient (Wildman–Crippen LogP) is 2.54. The summed E-state index contributed by atoms with van der Waals surface area (Å²) in [4.78, 5) is 15.1. The van der Waals surface area contributed by atoms with Gasteiger partial charge in [-0.1, -0.05) is 6.92 Å². The lowest BCUT2D eigenvalue weighted by Gasteiger charge is -2.26. The number of hydrogen-bond acceptors (Lipinski definition) is 3. The Morgan fingerprint density at radius 1 is 1.53 bits per heavy atom. The first-order valence-electron chi connectivity index (χ1n) is 6.10. The smallest absolute Gasteiger partial charge is 0.264 e. The lowest BCUT2D eigenvalue weighted by molar-refractivity contribution is 0.0697. The van der Waals surface area contributed by atoms with Crippen LogP contribution in [-0.4, -0.2) is 35.1 Å². The Bertz CT molecular complexity index is 360. The summed E-state index contributed by atoms with van der Waals surface area (Å²) in [6.07, 6.45) is 1.52. The van der Waals surface area contributed by atoms with Crippen LogP contribution in [0, 0.1) is 0 Å². The van der Waals surface area contributed by atoms with E-state index in [1.165, 1.54) is 11.3 Å². The average Bonchev–Trinajstić information content (AvgIpc) is 2.76. The predicted molar refractivity (Wildman–Crippen MR) is 71.6 cm³/mol. The van der Waals surface area contributed by atoms with Gasteiger partial charge in [-0.15, -0.1) is 11.3 Å². The first-order chi connectivity index (χ1) is 8.11. The van der Waals surface area contributed by atoms with Gasteiger partial charge in [-0.05, 0) is 43.7 Å². The summed E-state index contributed by atoms with van der Waals surface area (Å²) in [5.74, 6) is 0.0975. The number of carbonyl (C=O) groups excluding carboxylic acids is 1. The molecule has 1 aromatic heterocycles. The maximum Gasteiger partial charge on any atom is 0.264 e. The number of aliphatic hydroxyl groups is 1. The van der Waals surface area contributed by atoms with Gasteiger partial charge >= 0.3 is 0 Å². The molecule has 0 aliphatic heterocycles. The molecule has 1 heterocycles. The van der Waals surface area contributed by atoms with Crippen LogP contribution in [0.5, 0.6) is 0 Å². The summed E-state index contributed by atoms with van der Waals surface area (Å²) in [5, 5.41) is 10.8. The third-order valence-electron chi connectivity index (χ3n) is 2.76. The van der Waals surface area contributed by atoms with Crippen molar-refractivity contribution < 1.29 is 9.90 Å². The molecule has 1 rings (SSSR count). The van der Waals surface area contributed by atoms with Crippen molar-refractivity contribution in [2.75, 3.05) is 13.2 Å². The molecular formula is C13H21NO2S. The molecule has 4 heteroatoms. The van der Waals surface area contributed by atoms with Crippen LogP contribution in [-0.2, 0) is 6.42 Å². The highest BCUT2D eigenvalue weighted by Gasteiger charge is 2.21. The Hall–Kier alpha value is -0.870. The second-order valence-corrected chi connectivity index (χ2v) is 5.21. The van der Waals surface area contributed by atoms with Gasteiger partial charge in [0.25, 0.3) is 5.91 Å². The summed E-state index contributed by atoms with van der Waals surface area (Å²) < 4.78 is 0. The molecular weight excluding hydrogens is 234 g/mol. The van der Waals surface area contributed by atoms with Gasteiger partial charge in [-0.3, -0.25) is 4.79 Å². The van der Waals surface area contributed by atoms with Crippen LogP contribution in [0.3, 0.4) is 0 Å². The van der Waals surface area contributed by atoms with E-state index in [0.717, 1.165) is 16.9 Å². The molecule has 96 valence electrons. The Morgan fingerprint density at radius 3 is 2.76 bits per heavy atom. The van der Waals surface area contributed by atoms with Crippen molar-refractivity contribution in [2.24, 2.45) is 0 Å². The van der Waals surface area contributed by atoms with Crippen molar-refractivity contribution in [2.45, 2.75) is 39.7 Å². The highest BCUT2D eigenvalue weighted by Crippen LogP contribution is 2.20. The van der Waals surface area contributed by atoms with Gasteiger partial charge in [0.15, 0.2) is 0 Å². The molecule has 0 fully saturated rings. The lowest BCUT2D eigenvalue weighted by Crippen LogP contribution is -2.38. The van der Waals surface area contributed by atoms with E-state index in [-0.39, 0.29) is 18.6 Å². The van der Waals surface area contributed by atoms with Crippen molar-refractivity contribution in [3.8, 4) is 0 Å². The number of aryl methyl sites for hydroxylation is 1. The molecule has 0 aliphatic rings. The zero-order valence-corrected chi connectivity index (χ0v) is 11.6. The zero-order valence-electron chi connectivity index (χ0n) is 10.8. The second kappa shape index (κ2) is 6.77. The molecule has 0 saturated heterocycles. The van der Waals surface area contributed by atoms with E-state index in [1.807, 2.05) is 30.2 Å². The normalized spacial score (nSPS) is 10.9. The molecule has 1 N–H and O–H groups in total. The lowest BCUT2D eigenvalue weighted by atomic mass is 10.1. The maximum absolute atomic E-state index is 12.4. The van der Waals surface area contributed by atoms with E-state index in [2.05, 4.69) is 6.92 Å². The fourth-order valence-corrected chi connectivity index (χ4v) is 2.72. The maximum atomic E-state index is 12.4. The molecule has 0 aliphatic carbocycles. The third-order valence-corrected chi connectivity index (χ3v) is 3.71. The number of thiophene rings is 1. The minimum absolute atomic E-state index is 0.0975. The number of nitrogens with zero attached hydrogens (tertiary/aromatic N) is 1. The van der Waals surface area contributed by atoms with E-state index < -0.39 is 0 Å². The summed E-state index contributed by atoms with van der Waals surface area (Å²) in [6.45, 7) is 6.82. The number of rotatable bonds is 6. The van der Waals surface area contributed by atoms with E-state index in [0.29, 0.717) is 13.0 Å². The van der Waals surface area contributed by atoms with Gasteiger partial charge in [0, 0.05) is 19.2 Å². The third kappa shape index (κ3) is 3.54. The number of hydrogen-bond donors (Lipinski definition) is 1. The van der Waals surface area contributed by atoms with Crippen molar-refractivity contribution in [3.63, 3.8) is 0 Å². The van der Waals surface area contributed by atoms with Gasteiger partial charge in [0.1, 0.15) is 0 Å². The van der Waals surface area contributed by atoms with Gasteiger partial charge in [0.2, 0.25) is 0 Å². The monoisotopic (exact) mass is 255 g/mol. The summed E-state index contributed by atoms with van der Waals surface area (Å²) in [5.41, 5.74) is 1.12. The van der Waals surface area contributed by atoms with Gasteiger partial charge < -0.3 is 10.0 Å². The Kier molecular flexibility index (Phi) is 5.65. The van der Waals surface area contributed by atoms with E-state index in [1.54, 1.807) is 0 Å². The molecule has 3 nitrogen and oxygen atoms in total. The average molecular weight is 255 g/mol. The first kappa shape index (κ1) is 14.2. The van der Waals surface area contributed by atoms with Crippen LogP contribution < -0.4 is 0 Å². The van der Waals surface area contributed by atoms with Gasteiger partial charge in [0.05, 0.1) is 4.88 Å². The summed E-state index contributed by atoms with van der Waals surface area (Å²) in [7, 11) is 0. The van der Waals surface area contributed by atoms with Gasteiger partial charge in [-0.2, -0.15) is 0 Å². The van der Waals surface area contributed by atoms with E-state index in [9.17, 15) is 4.79 Å². The summed E-state index contributed by atoms with van der Waals surface area (Å²) in [6, 6.07) is 2.18. The van der Waals surface area contributed by atoms with Crippen LogP contribution in [0.1, 0.15) is 42.4 Å². The summed E-state index contributed by atoms with van der Waals surface area (Å²) >= 11 is 1.51. The Balaban J connectivity index is 2.84. The number of amides is 1. The SMILES string of the molecule is CCc1ccsc1C(=O)N(CCCO)C(C)C. The standard InChI is InChI=1S/C13H21NO2S/c1-4-11-6-9-17-12(11)13(16)14(10(2)3)7-5-8-15/h6,9-10,15H,4-5,7-8H2,1-3H3. The van der Waals surface area contributed by atoms with Crippen molar-refractivity contribution in [1.29, 1.82) is 0 Å². The quantitative estimate of drug-likeness (QED) is 0.848. The zero-order chi connectivity index (χ0) is 12.8. The molecule has 0 atom stereocenters. The Labute approximate surface area is 107 Å². The van der Waals surface area contributed by atoms with Crippen LogP contribution in [0.2, 0.25) is 0 Å². The molecule has 0 saturated carbocycles. The van der Waals surface area contributed by atoms with Crippen molar-refractivity contribution in [1.82, 2.24) is 4.90 Å². The highest BCUT2D eigenvalue weighted by atomic mass is 32.1. The Morgan fingerprint density at radius 2 is 2.24 bits per heavy atom. The van der Waals surface area contributed by atoms with Crippen molar-refractivity contribution in [3.05, 3.63) is 21.9 Å². The van der Waals surface area contributed by atoms with Crippen LogP contribution >= 0.6 is 11.3 Å². The number of aliphatic hydroxyl groups excluding tert-OH is 1. The van der Waals surface area contributed by atoms with Gasteiger partial charge in [-0.25, -0.2) is 0 Å². The van der Waals surface area contributed by atoms with E-state index in [4.69, 9.17) is 5.11 Å². The molecule has 0 bridgehead atoms. The first-order valence-corrected chi connectivity index (χ1v) is 6.98. The molecule has 1 aromatic rings. The molecule has 0 spiro atoms. The number of carbonyl (C=O) groups is 1. The molecule has 17 heavy (non-hydrogen) atoms. The van der Waals surface area contributed by atoms with Crippen LogP contribution in [0.25, 0.3) is 0 Å². The van der Waals surface area contributed by atoms with Crippen LogP contribution in [0.4, 0.5) is 0 Å². The topological polar surface area (TPSA) is 40.5 Å². The molecule has 0 unspecified atom stereocenters. The minimum atomic E-state index is 0.0975. The van der Waals surface area contributed by atoms with Crippen LogP contribution in [0.15, 0.2) is 11.4 Å².